The second-order valence-corrected chi connectivity index (χ2v) is 6.78. The molecule has 0 saturated heterocycles. The van der Waals surface area contributed by atoms with Gasteiger partial charge in [0.15, 0.2) is 0 Å². The summed E-state index contributed by atoms with van der Waals surface area (Å²) in [5.41, 5.74) is 12.1. The van der Waals surface area contributed by atoms with Crippen LogP contribution in [0, 0.1) is 0 Å². The monoisotopic (exact) mass is 351 g/mol. The van der Waals surface area contributed by atoms with Crippen LogP contribution < -0.4 is 11.1 Å². The van der Waals surface area contributed by atoms with Gasteiger partial charge in [0, 0.05) is 16.8 Å². The number of hydrogen-bond donors (Lipinski definition) is 2. The third kappa shape index (κ3) is 2.62. The number of anilines is 2. The maximum Gasteiger partial charge on any atom is 0.238 e. The van der Waals surface area contributed by atoms with E-state index in [-0.39, 0.29) is 5.91 Å². The number of nitrogens with one attached hydrogen (secondary N) is 1. The minimum Gasteiger partial charge on any atom is -0.399 e. The number of nitrogens with two attached hydrogens (primary N) is 1. The molecule has 0 bridgehead atoms. The van der Waals surface area contributed by atoms with E-state index in [9.17, 15) is 4.79 Å². The zero-order chi connectivity index (χ0) is 18.4. The summed E-state index contributed by atoms with van der Waals surface area (Å²) in [5.74, 6) is -0.444. The Balaban J connectivity index is 1.62. The van der Waals surface area contributed by atoms with Gasteiger partial charge in [0.25, 0.3) is 0 Å². The number of benzene rings is 3. The predicted octanol–water partition coefficient (Wildman–Crippen LogP) is 4.57. The van der Waals surface area contributed by atoms with Crippen molar-refractivity contribution in [1.82, 2.24) is 4.98 Å². The molecule has 130 valence electrons. The maximum atomic E-state index is 12.7. The number of pyridine rings is 1. The zero-order valence-electron chi connectivity index (χ0n) is 14.5. The SMILES string of the molecule is Nc1ccc(-c2ccc3c(c2)C(c2ccc4ccccc4n2)C(=O)N3)cc1. The van der Waals surface area contributed by atoms with Gasteiger partial charge in [-0.05, 0) is 53.1 Å². The molecule has 0 fully saturated rings. The highest BCUT2D eigenvalue weighted by Gasteiger charge is 2.33. The Bertz CT molecular complexity index is 1180. The Morgan fingerprint density at radius 3 is 2.48 bits per heavy atom. The first kappa shape index (κ1) is 15.6. The van der Waals surface area contributed by atoms with Gasteiger partial charge in [-0.25, -0.2) is 0 Å². The fraction of sp³-hybridized carbons (Fsp3) is 0.0435. The summed E-state index contributed by atoms with van der Waals surface area (Å²) in [6, 6.07) is 25.7. The molecule has 3 aromatic carbocycles. The first-order chi connectivity index (χ1) is 13.2. The van der Waals surface area contributed by atoms with E-state index in [4.69, 9.17) is 10.7 Å². The number of amides is 1. The Hall–Kier alpha value is -3.66. The number of aromatic nitrogens is 1. The van der Waals surface area contributed by atoms with Gasteiger partial charge in [0.05, 0.1) is 11.2 Å². The van der Waals surface area contributed by atoms with Crippen molar-refractivity contribution in [3.8, 4) is 11.1 Å². The molecule has 5 rings (SSSR count). The average molecular weight is 351 g/mol. The van der Waals surface area contributed by atoms with Gasteiger partial charge in [0.1, 0.15) is 5.92 Å². The van der Waals surface area contributed by atoms with E-state index in [2.05, 4.69) is 11.4 Å². The number of hydrogen-bond acceptors (Lipinski definition) is 3. The molecule has 0 aliphatic carbocycles. The van der Waals surface area contributed by atoms with Gasteiger partial charge in [-0.15, -0.1) is 0 Å². The lowest BCUT2D eigenvalue weighted by molar-refractivity contribution is -0.116. The molecular formula is C23H17N3O. The molecular weight excluding hydrogens is 334 g/mol. The summed E-state index contributed by atoms with van der Waals surface area (Å²) in [5, 5.41) is 4.05. The van der Waals surface area contributed by atoms with Crippen molar-refractivity contribution in [3.63, 3.8) is 0 Å². The Kier molecular flexibility index (Phi) is 3.44. The molecule has 1 aliphatic rings. The maximum absolute atomic E-state index is 12.7. The van der Waals surface area contributed by atoms with Gasteiger partial charge in [-0.3, -0.25) is 9.78 Å². The average Bonchev–Trinajstić information content (AvgIpc) is 3.03. The molecule has 27 heavy (non-hydrogen) atoms. The van der Waals surface area contributed by atoms with Crippen LogP contribution in [0.2, 0.25) is 0 Å². The summed E-state index contributed by atoms with van der Waals surface area (Å²) in [4.78, 5) is 17.4. The Morgan fingerprint density at radius 1 is 0.852 bits per heavy atom. The van der Waals surface area contributed by atoms with Crippen LogP contribution in [0.4, 0.5) is 11.4 Å². The lowest BCUT2D eigenvalue weighted by Crippen LogP contribution is -2.14. The predicted molar refractivity (Wildman–Crippen MR) is 109 cm³/mol. The second-order valence-electron chi connectivity index (χ2n) is 6.78. The van der Waals surface area contributed by atoms with Crippen LogP contribution in [0.1, 0.15) is 17.2 Å². The minimum atomic E-state index is -0.404. The van der Waals surface area contributed by atoms with Crippen molar-refractivity contribution in [1.29, 1.82) is 0 Å². The number of nitrogen functional groups attached to an aromatic ring is 1. The van der Waals surface area contributed by atoms with Crippen molar-refractivity contribution in [2.24, 2.45) is 0 Å². The summed E-state index contributed by atoms with van der Waals surface area (Å²) in [7, 11) is 0. The van der Waals surface area contributed by atoms with E-state index < -0.39 is 5.92 Å². The van der Waals surface area contributed by atoms with Gasteiger partial charge >= 0.3 is 0 Å². The molecule has 4 heteroatoms. The minimum absolute atomic E-state index is 0.0396. The Labute approximate surface area is 156 Å². The summed E-state index contributed by atoms with van der Waals surface area (Å²) in [6.07, 6.45) is 0. The number of rotatable bonds is 2. The first-order valence-corrected chi connectivity index (χ1v) is 8.85. The summed E-state index contributed by atoms with van der Waals surface area (Å²) >= 11 is 0. The molecule has 0 radical (unpaired) electrons. The topological polar surface area (TPSA) is 68.0 Å². The molecule has 3 N–H and O–H groups in total. The van der Waals surface area contributed by atoms with Crippen molar-refractivity contribution in [2.75, 3.05) is 11.1 Å². The third-order valence-electron chi connectivity index (χ3n) is 5.04. The van der Waals surface area contributed by atoms with E-state index in [1.807, 2.05) is 72.8 Å². The van der Waals surface area contributed by atoms with E-state index in [0.29, 0.717) is 0 Å². The number of carbonyl (C=O) groups is 1. The van der Waals surface area contributed by atoms with E-state index >= 15 is 0 Å². The number of para-hydroxylation sites is 1. The zero-order valence-corrected chi connectivity index (χ0v) is 14.5. The fourth-order valence-electron chi connectivity index (χ4n) is 3.65. The highest BCUT2D eigenvalue weighted by atomic mass is 16.2. The summed E-state index contributed by atoms with van der Waals surface area (Å²) in [6.45, 7) is 0. The van der Waals surface area contributed by atoms with Crippen molar-refractivity contribution in [2.45, 2.75) is 5.92 Å². The first-order valence-electron chi connectivity index (χ1n) is 8.85. The highest BCUT2D eigenvalue weighted by Crippen LogP contribution is 2.39. The quantitative estimate of drug-likeness (QED) is 0.520. The van der Waals surface area contributed by atoms with Crippen LogP contribution in [0.3, 0.4) is 0 Å². The van der Waals surface area contributed by atoms with Crippen LogP contribution in [0.15, 0.2) is 78.9 Å². The van der Waals surface area contributed by atoms with Crippen LogP contribution in [0.25, 0.3) is 22.0 Å². The van der Waals surface area contributed by atoms with E-state index in [0.717, 1.165) is 44.7 Å². The van der Waals surface area contributed by atoms with Crippen molar-refractivity contribution >= 4 is 28.2 Å². The lowest BCUT2D eigenvalue weighted by Gasteiger charge is -2.11. The molecule has 2 heterocycles. The van der Waals surface area contributed by atoms with E-state index in [1.54, 1.807) is 0 Å². The Morgan fingerprint density at radius 2 is 1.63 bits per heavy atom. The molecule has 0 spiro atoms. The standard InChI is InChI=1S/C23H17N3O/c24-17-9-5-14(6-10-17)16-8-11-20-18(13-16)22(23(27)26-20)21-12-7-15-3-1-2-4-19(15)25-21/h1-13,22H,24H2,(H,26,27). The van der Waals surface area contributed by atoms with Gasteiger partial charge in [0.2, 0.25) is 5.91 Å². The summed E-state index contributed by atoms with van der Waals surface area (Å²) < 4.78 is 0. The van der Waals surface area contributed by atoms with Crippen LogP contribution >= 0.6 is 0 Å². The molecule has 1 aromatic heterocycles. The normalized spacial score (nSPS) is 15.6. The van der Waals surface area contributed by atoms with Crippen molar-refractivity contribution < 1.29 is 4.79 Å². The van der Waals surface area contributed by atoms with Crippen LogP contribution in [-0.4, -0.2) is 10.9 Å². The smallest absolute Gasteiger partial charge is 0.238 e. The molecule has 0 saturated carbocycles. The second kappa shape index (κ2) is 5.95. The van der Waals surface area contributed by atoms with E-state index in [1.165, 1.54) is 0 Å². The van der Waals surface area contributed by atoms with Gasteiger partial charge < -0.3 is 11.1 Å². The molecule has 1 atom stereocenters. The largest absolute Gasteiger partial charge is 0.399 e. The van der Waals surface area contributed by atoms with Crippen LogP contribution in [-0.2, 0) is 4.79 Å². The number of carbonyl (C=O) groups excluding carboxylic acids is 1. The molecule has 4 nitrogen and oxygen atoms in total. The van der Waals surface area contributed by atoms with Gasteiger partial charge in [-0.1, -0.05) is 42.5 Å². The molecule has 1 amide bonds. The molecule has 1 unspecified atom stereocenters. The third-order valence-corrected chi connectivity index (χ3v) is 5.04. The fourth-order valence-corrected chi connectivity index (χ4v) is 3.65. The molecule has 1 aliphatic heterocycles. The van der Waals surface area contributed by atoms with Crippen LogP contribution in [0.5, 0.6) is 0 Å². The number of nitrogens with zero attached hydrogens (tertiary/aromatic N) is 1. The number of fused-ring (bicyclic) bond motifs is 2. The molecule has 4 aromatic rings. The highest BCUT2D eigenvalue weighted by molar-refractivity contribution is 6.05. The lowest BCUT2D eigenvalue weighted by atomic mass is 9.93. The van der Waals surface area contributed by atoms with Gasteiger partial charge in [-0.2, -0.15) is 0 Å². The van der Waals surface area contributed by atoms with Crippen molar-refractivity contribution in [3.05, 3.63) is 90.1 Å².